The van der Waals surface area contributed by atoms with E-state index in [0.29, 0.717) is 23.5 Å². The van der Waals surface area contributed by atoms with Gasteiger partial charge in [-0.05, 0) is 79.9 Å². The number of aromatic nitrogens is 1. The highest BCUT2D eigenvalue weighted by Crippen LogP contribution is 2.44. The molecule has 6 nitrogen and oxygen atoms in total. The van der Waals surface area contributed by atoms with Gasteiger partial charge in [0.15, 0.2) is 5.75 Å². The average molecular weight is 455 g/mol. The first kappa shape index (κ1) is 20.7. The second kappa shape index (κ2) is 8.82. The summed E-state index contributed by atoms with van der Waals surface area (Å²) in [7, 11) is 0. The van der Waals surface area contributed by atoms with Crippen LogP contribution >= 0.6 is 11.6 Å². The van der Waals surface area contributed by atoms with Crippen molar-refractivity contribution in [2.75, 3.05) is 44.7 Å². The van der Waals surface area contributed by atoms with E-state index in [2.05, 4.69) is 38.7 Å². The number of piperidine rings is 1. The number of fused-ring (bicyclic) bond motifs is 2. The molecule has 0 radical (unpaired) electrons. The van der Waals surface area contributed by atoms with Gasteiger partial charge in [0.1, 0.15) is 12.4 Å². The first-order chi connectivity index (χ1) is 15.8. The van der Waals surface area contributed by atoms with Gasteiger partial charge in [0, 0.05) is 44.1 Å². The molecule has 0 atom stereocenters. The number of anilines is 2. The second-order valence-corrected chi connectivity index (χ2v) is 9.94. The summed E-state index contributed by atoms with van der Waals surface area (Å²) in [5.74, 6) is 2.67. The van der Waals surface area contributed by atoms with E-state index in [4.69, 9.17) is 21.1 Å². The van der Waals surface area contributed by atoms with Gasteiger partial charge in [-0.15, -0.1) is 0 Å². The molecule has 0 spiro atoms. The molecule has 3 fully saturated rings. The molecule has 4 aliphatic rings. The molecule has 0 amide bonds. The highest BCUT2D eigenvalue weighted by Gasteiger charge is 2.30. The van der Waals surface area contributed by atoms with Crippen molar-refractivity contribution in [2.24, 2.45) is 0 Å². The molecule has 7 heteroatoms. The summed E-state index contributed by atoms with van der Waals surface area (Å²) in [5, 5.41) is 7.66. The Bertz CT molecular complexity index is 982. The van der Waals surface area contributed by atoms with Crippen LogP contribution in [-0.2, 0) is 11.3 Å². The van der Waals surface area contributed by atoms with Gasteiger partial charge in [-0.2, -0.15) is 0 Å². The number of pyridine rings is 1. The monoisotopic (exact) mass is 454 g/mol. The Morgan fingerprint density at radius 1 is 1.03 bits per heavy atom. The van der Waals surface area contributed by atoms with Crippen molar-refractivity contribution in [1.29, 1.82) is 0 Å². The van der Waals surface area contributed by atoms with E-state index < -0.39 is 0 Å². The summed E-state index contributed by atoms with van der Waals surface area (Å²) < 4.78 is 11.8. The molecule has 0 unspecified atom stereocenters. The maximum atomic E-state index is 6.76. The molecule has 0 bridgehead atoms. The average Bonchev–Trinajstić information content (AvgIpc) is 2.98. The van der Waals surface area contributed by atoms with Crippen LogP contribution in [0.4, 0.5) is 11.5 Å². The third kappa shape index (κ3) is 3.87. The Balaban J connectivity index is 1.25. The van der Waals surface area contributed by atoms with Crippen molar-refractivity contribution in [1.82, 2.24) is 15.2 Å². The Kier molecular flexibility index (Phi) is 5.71. The topological polar surface area (TPSA) is 58.7 Å². The molecule has 4 aliphatic heterocycles. The molecule has 3 saturated heterocycles. The summed E-state index contributed by atoms with van der Waals surface area (Å²) >= 11 is 6.76. The lowest BCUT2D eigenvalue weighted by atomic mass is 9.88. The lowest BCUT2D eigenvalue weighted by Gasteiger charge is -2.42. The van der Waals surface area contributed by atoms with Gasteiger partial charge < -0.3 is 20.1 Å². The largest absolute Gasteiger partial charge is 0.485 e. The van der Waals surface area contributed by atoms with E-state index in [1.54, 1.807) is 0 Å². The molecule has 2 aromatic rings. The molecule has 0 aliphatic carbocycles. The molecular weight excluding hydrogens is 424 g/mol. The van der Waals surface area contributed by atoms with E-state index in [9.17, 15) is 0 Å². The van der Waals surface area contributed by atoms with E-state index in [-0.39, 0.29) is 0 Å². The van der Waals surface area contributed by atoms with Crippen molar-refractivity contribution in [2.45, 2.75) is 50.2 Å². The number of ether oxygens (including phenoxy) is 2. The van der Waals surface area contributed by atoms with Crippen molar-refractivity contribution >= 4 is 23.1 Å². The van der Waals surface area contributed by atoms with E-state index in [0.717, 1.165) is 81.1 Å². The van der Waals surface area contributed by atoms with Gasteiger partial charge in [-0.1, -0.05) is 11.6 Å². The number of likely N-dealkylation sites (tertiary alicyclic amines) is 1. The molecule has 0 saturated carbocycles. The van der Waals surface area contributed by atoms with E-state index in [1.807, 2.05) is 6.20 Å². The van der Waals surface area contributed by atoms with Crippen LogP contribution in [-0.4, -0.2) is 55.3 Å². The first-order valence-corrected chi connectivity index (χ1v) is 12.4. The van der Waals surface area contributed by atoms with Crippen LogP contribution in [0.1, 0.15) is 54.2 Å². The molecule has 1 aromatic carbocycles. The Hall–Kier alpha value is -1.86. The zero-order chi connectivity index (χ0) is 21.5. The molecule has 2 N–H and O–H groups in total. The fourth-order valence-corrected chi connectivity index (χ4v) is 5.93. The van der Waals surface area contributed by atoms with Gasteiger partial charge in [-0.3, -0.25) is 4.90 Å². The number of rotatable bonds is 3. The Labute approximate surface area is 194 Å². The van der Waals surface area contributed by atoms with Crippen LogP contribution in [0.25, 0.3) is 0 Å². The number of nitrogens with zero attached hydrogens (tertiary/aromatic N) is 2. The maximum Gasteiger partial charge on any atom is 0.161 e. The molecule has 6 rings (SSSR count). The minimum Gasteiger partial charge on any atom is -0.485 e. The molecule has 5 heterocycles. The molecular formula is C25H31ClN4O2. The predicted molar refractivity (Wildman–Crippen MR) is 126 cm³/mol. The number of hydrogen-bond acceptors (Lipinski definition) is 6. The van der Waals surface area contributed by atoms with Gasteiger partial charge in [0.05, 0.1) is 10.7 Å². The van der Waals surface area contributed by atoms with Crippen LogP contribution in [0.15, 0.2) is 24.4 Å². The lowest BCUT2D eigenvalue weighted by molar-refractivity contribution is 0.0849. The Morgan fingerprint density at radius 3 is 2.59 bits per heavy atom. The standard InChI is InChI=1S/C25H31ClN4O2/c26-22-11-18(16-2-7-30(8-3-16)19-13-27-14-19)12-23-24(22)32-15-21-20(1-6-28-25(21)29-23)17-4-9-31-10-5-17/h1,6,11-12,16-17,19,27H,2-5,7-10,13-15H2,(H,28,29). The number of hydrogen-bond donors (Lipinski definition) is 2. The minimum absolute atomic E-state index is 0.489. The third-order valence-corrected chi connectivity index (χ3v) is 7.99. The first-order valence-electron chi connectivity index (χ1n) is 12.0. The fourth-order valence-electron chi connectivity index (χ4n) is 5.65. The van der Waals surface area contributed by atoms with Gasteiger partial charge >= 0.3 is 0 Å². The number of nitrogens with one attached hydrogen (secondary N) is 2. The van der Waals surface area contributed by atoms with Crippen molar-refractivity contribution in [3.63, 3.8) is 0 Å². The fraction of sp³-hybridized carbons (Fsp3) is 0.560. The van der Waals surface area contributed by atoms with E-state index in [1.165, 1.54) is 24.0 Å². The van der Waals surface area contributed by atoms with Gasteiger partial charge in [0.2, 0.25) is 0 Å². The SMILES string of the molecule is Clc1cc(C2CCN(C3CNC3)CC2)cc2c1OCc1c(C3CCOCC3)ccnc1N2. The molecule has 32 heavy (non-hydrogen) atoms. The number of halogens is 1. The zero-order valence-corrected chi connectivity index (χ0v) is 19.2. The third-order valence-electron chi connectivity index (χ3n) is 7.71. The summed E-state index contributed by atoms with van der Waals surface area (Å²) in [4.78, 5) is 7.31. The molecule has 1 aromatic heterocycles. The van der Waals surface area contributed by atoms with Crippen LogP contribution in [0.2, 0.25) is 5.02 Å². The number of benzene rings is 1. The summed E-state index contributed by atoms with van der Waals surface area (Å²) in [5.41, 5.74) is 4.72. The van der Waals surface area contributed by atoms with Crippen molar-refractivity contribution in [3.8, 4) is 5.75 Å². The molecule has 170 valence electrons. The highest BCUT2D eigenvalue weighted by molar-refractivity contribution is 6.32. The van der Waals surface area contributed by atoms with Crippen LogP contribution in [0.3, 0.4) is 0 Å². The van der Waals surface area contributed by atoms with E-state index >= 15 is 0 Å². The summed E-state index contributed by atoms with van der Waals surface area (Å²) in [6.45, 7) is 6.73. The van der Waals surface area contributed by atoms with Crippen molar-refractivity contribution < 1.29 is 9.47 Å². The quantitative estimate of drug-likeness (QED) is 0.716. The van der Waals surface area contributed by atoms with Crippen LogP contribution in [0.5, 0.6) is 5.75 Å². The normalized spacial score (nSPS) is 22.8. The summed E-state index contributed by atoms with van der Waals surface area (Å²) in [6.07, 6.45) is 6.36. The lowest BCUT2D eigenvalue weighted by Crippen LogP contribution is -2.58. The van der Waals surface area contributed by atoms with Gasteiger partial charge in [0.25, 0.3) is 0 Å². The second-order valence-electron chi connectivity index (χ2n) is 9.53. The zero-order valence-electron chi connectivity index (χ0n) is 18.4. The summed E-state index contributed by atoms with van der Waals surface area (Å²) in [6, 6.07) is 7.24. The predicted octanol–water partition coefficient (Wildman–Crippen LogP) is 4.42. The maximum absolute atomic E-state index is 6.76. The van der Waals surface area contributed by atoms with Gasteiger partial charge in [-0.25, -0.2) is 4.98 Å². The smallest absolute Gasteiger partial charge is 0.161 e. The minimum atomic E-state index is 0.489. The van der Waals surface area contributed by atoms with Crippen LogP contribution in [0, 0.1) is 0 Å². The Morgan fingerprint density at radius 2 is 1.84 bits per heavy atom. The van der Waals surface area contributed by atoms with Crippen LogP contribution < -0.4 is 15.4 Å². The highest BCUT2D eigenvalue weighted by atomic mass is 35.5. The van der Waals surface area contributed by atoms with Crippen molar-refractivity contribution in [3.05, 3.63) is 46.1 Å².